The summed E-state index contributed by atoms with van der Waals surface area (Å²) in [6.45, 7) is 0. The molecule has 0 bridgehead atoms. The molecule has 5 nitrogen and oxygen atoms in total. The predicted octanol–water partition coefficient (Wildman–Crippen LogP) is 3.28. The molecular formula is C14H10ClNO4. The number of benzene rings is 1. The van der Waals surface area contributed by atoms with Gasteiger partial charge >= 0.3 is 5.97 Å². The standard InChI is InChI=1S/C14H10ClNO4/c15-12-8-9(3-5-11(12)14(18)19)16-13(17)6-4-10-2-1-7-20-10/h1-8H,(H,16,17)(H,18,19). The van der Waals surface area contributed by atoms with Crippen molar-refractivity contribution in [3.05, 3.63) is 59.0 Å². The van der Waals surface area contributed by atoms with Gasteiger partial charge < -0.3 is 14.8 Å². The summed E-state index contributed by atoms with van der Waals surface area (Å²) < 4.78 is 5.04. The lowest BCUT2D eigenvalue weighted by atomic mass is 10.2. The maximum absolute atomic E-state index is 11.6. The zero-order chi connectivity index (χ0) is 14.5. The molecule has 1 aromatic carbocycles. The molecular weight excluding hydrogens is 282 g/mol. The summed E-state index contributed by atoms with van der Waals surface area (Å²) in [4.78, 5) is 22.4. The zero-order valence-electron chi connectivity index (χ0n) is 10.2. The molecule has 0 saturated heterocycles. The number of furan rings is 1. The first-order valence-corrected chi connectivity index (χ1v) is 5.99. The molecule has 0 spiro atoms. The van der Waals surface area contributed by atoms with E-state index < -0.39 is 5.97 Å². The van der Waals surface area contributed by atoms with Crippen molar-refractivity contribution in [1.29, 1.82) is 0 Å². The fraction of sp³-hybridized carbons (Fsp3) is 0. The Balaban J connectivity index is 2.05. The first-order chi connectivity index (χ1) is 9.56. The Labute approximate surface area is 119 Å². The number of carboxylic acids is 1. The number of amides is 1. The van der Waals surface area contributed by atoms with Gasteiger partial charge in [0.2, 0.25) is 5.91 Å². The van der Waals surface area contributed by atoms with E-state index in [1.165, 1.54) is 36.6 Å². The Morgan fingerprint density at radius 2 is 2.10 bits per heavy atom. The number of hydrogen-bond acceptors (Lipinski definition) is 3. The van der Waals surface area contributed by atoms with Gasteiger partial charge in [0.1, 0.15) is 5.76 Å². The monoisotopic (exact) mass is 291 g/mol. The Kier molecular flexibility index (Phi) is 4.22. The van der Waals surface area contributed by atoms with Crippen LogP contribution in [0.3, 0.4) is 0 Å². The number of carboxylic acid groups (broad SMARTS) is 1. The molecule has 1 heterocycles. The summed E-state index contributed by atoms with van der Waals surface area (Å²) in [6, 6.07) is 7.60. The molecule has 0 radical (unpaired) electrons. The van der Waals surface area contributed by atoms with Crippen LogP contribution in [0.5, 0.6) is 0 Å². The van der Waals surface area contributed by atoms with E-state index in [-0.39, 0.29) is 16.5 Å². The number of carbonyl (C=O) groups is 2. The number of halogens is 1. The fourth-order valence-electron chi connectivity index (χ4n) is 1.49. The number of hydrogen-bond donors (Lipinski definition) is 2. The van der Waals surface area contributed by atoms with E-state index in [2.05, 4.69) is 5.32 Å². The molecule has 0 saturated carbocycles. The van der Waals surface area contributed by atoms with E-state index in [0.717, 1.165) is 0 Å². The lowest BCUT2D eigenvalue weighted by molar-refractivity contribution is -0.111. The summed E-state index contributed by atoms with van der Waals surface area (Å²) >= 11 is 5.80. The number of carbonyl (C=O) groups excluding carboxylic acids is 1. The van der Waals surface area contributed by atoms with E-state index in [1.807, 2.05) is 0 Å². The van der Waals surface area contributed by atoms with Crippen molar-refractivity contribution in [3.8, 4) is 0 Å². The van der Waals surface area contributed by atoms with Gasteiger partial charge in [-0.05, 0) is 36.4 Å². The Morgan fingerprint density at radius 3 is 2.70 bits per heavy atom. The highest BCUT2D eigenvalue weighted by Crippen LogP contribution is 2.21. The predicted molar refractivity (Wildman–Crippen MR) is 74.8 cm³/mol. The zero-order valence-corrected chi connectivity index (χ0v) is 10.9. The molecule has 2 rings (SSSR count). The number of rotatable bonds is 4. The van der Waals surface area contributed by atoms with Crippen LogP contribution in [0.1, 0.15) is 16.1 Å². The van der Waals surface area contributed by atoms with Crippen LogP contribution >= 0.6 is 11.6 Å². The molecule has 6 heteroatoms. The third kappa shape index (κ3) is 3.49. The third-order valence-corrected chi connectivity index (χ3v) is 2.72. The highest BCUT2D eigenvalue weighted by Gasteiger charge is 2.09. The fourth-order valence-corrected chi connectivity index (χ4v) is 1.76. The summed E-state index contributed by atoms with van der Waals surface area (Å²) in [5.41, 5.74) is 0.393. The first kappa shape index (κ1) is 13.9. The first-order valence-electron chi connectivity index (χ1n) is 5.61. The van der Waals surface area contributed by atoms with Crippen molar-refractivity contribution in [3.63, 3.8) is 0 Å². The van der Waals surface area contributed by atoms with Crippen molar-refractivity contribution < 1.29 is 19.1 Å². The molecule has 2 aromatic rings. The van der Waals surface area contributed by atoms with Crippen molar-refractivity contribution in [2.75, 3.05) is 5.32 Å². The molecule has 1 aromatic heterocycles. The van der Waals surface area contributed by atoms with Crippen LogP contribution in [0.25, 0.3) is 6.08 Å². The van der Waals surface area contributed by atoms with Crippen LogP contribution in [0.4, 0.5) is 5.69 Å². The average Bonchev–Trinajstić information content (AvgIpc) is 2.89. The van der Waals surface area contributed by atoms with E-state index >= 15 is 0 Å². The highest BCUT2D eigenvalue weighted by atomic mass is 35.5. The molecule has 0 aliphatic rings. The minimum absolute atomic E-state index is 0.0178. The minimum atomic E-state index is -1.12. The van der Waals surface area contributed by atoms with Gasteiger partial charge in [0.05, 0.1) is 16.8 Å². The molecule has 0 fully saturated rings. The Hall–Kier alpha value is -2.53. The van der Waals surface area contributed by atoms with Crippen LogP contribution in [0.15, 0.2) is 47.1 Å². The largest absolute Gasteiger partial charge is 0.478 e. The number of aromatic carboxylic acids is 1. The van der Waals surface area contributed by atoms with Gasteiger partial charge in [-0.1, -0.05) is 11.6 Å². The molecule has 2 N–H and O–H groups in total. The summed E-state index contributed by atoms with van der Waals surface area (Å²) in [5, 5.41) is 11.5. The van der Waals surface area contributed by atoms with Gasteiger partial charge in [0.25, 0.3) is 0 Å². The summed E-state index contributed by atoms with van der Waals surface area (Å²) in [6.07, 6.45) is 4.32. The van der Waals surface area contributed by atoms with E-state index in [1.54, 1.807) is 12.1 Å². The molecule has 0 aliphatic heterocycles. The lowest BCUT2D eigenvalue weighted by Gasteiger charge is -2.04. The number of anilines is 1. The normalized spacial score (nSPS) is 10.7. The van der Waals surface area contributed by atoms with Crippen LogP contribution < -0.4 is 5.32 Å². The average molecular weight is 292 g/mol. The minimum Gasteiger partial charge on any atom is -0.478 e. The van der Waals surface area contributed by atoms with Gasteiger partial charge in [0.15, 0.2) is 0 Å². The van der Waals surface area contributed by atoms with Crippen LogP contribution in [-0.2, 0) is 4.79 Å². The second kappa shape index (κ2) is 6.08. The second-order valence-corrected chi connectivity index (χ2v) is 4.24. The second-order valence-electron chi connectivity index (χ2n) is 3.84. The third-order valence-electron chi connectivity index (χ3n) is 2.41. The summed E-state index contributed by atoms with van der Waals surface area (Å²) in [7, 11) is 0. The van der Waals surface area contributed by atoms with Gasteiger partial charge in [-0.2, -0.15) is 0 Å². The molecule has 1 amide bonds. The molecule has 0 aliphatic carbocycles. The van der Waals surface area contributed by atoms with Crippen molar-refractivity contribution >= 4 is 35.2 Å². The Morgan fingerprint density at radius 1 is 1.30 bits per heavy atom. The maximum Gasteiger partial charge on any atom is 0.337 e. The quantitative estimate of drug-likeness (QED) is 0.847. The van der Waals surface area contributed by atoms with E-state index in [0.29, 0.717) is 11.4 Å². The van der Waals surface area contributed by atoms with Gasteiger partial charge in [0, 0.05) is 11.8 Å². The smallest absolute Gasteiger partial charge is 0.337 e. The number of nitrogens with one attached hydrogen (secondary N) is 1. The van der Waals surface area contributed by atoms with E-state index in [9.17, 15) is 9.59 Å². The van der Waals surface area contributed by atoms with Crippen molar-refractivity contribution in [2.24, 2.45) is 0 Å². The molecule has 102 valence electrons. The van der Waals surface area contributed by atoms with Crippen LogP contribution in [0.2, 0.25) is 5.02 Å². The molecule has 20 heavy (non-hydrogen) atoms. The Bertz CT molecular complexity index is 662. The molecule has 0 unspecified atom stereocenters. The van der Waals surface area contributed by atoms with Crippen LogP contribution in [0, 0.1) is 0 Å². The highest BCUT2D eigenvalue weighted by molar-refractivity contribution is 6.33. The van der Waals surface area contributed by atoms with Gasteiger partial charge in [-0.25, -0.2) is 4.79 Å². The molecule has 0 atom stereocenters. The maximum atomic E-state index is 11.6. The topological polar surface area (TPSA) is 79.5 Å². The van der Waals surface area contributed by atoms with Crippen LogP contribution in [-0.4, -0.2) is 17.0 Å². The SMILES string of the molecule is O=C(C=Cc1ccco1)Nc1ccc(C(=O)O)c(Cl)c1. The summed E-state index contributed by atoms with van der Waals surface area (Å²) in [5.74, 6) is -0.939. The van der Waals surface area contributed by atoms with Gasteiger partial charge in [-0.3, -0.25) is 4.79 Å². The van der Waals surface area contributed by atoms with Crippen molar-refractivity contribution in [1.82, 2.24) is 0 Å². The van der Waals surface area contributed by atoms with Crippen molar-refractivity contribution in [2.45, 2.75) is 0 Å². The van der Waals surface area contributed by atoms with Gasteiger partial charge in [-0.15, -0.1) is 0 Å². The lowest BCUT2D eigenvalue weighted by Crippen LogP contribution is -2.08. The van der Waals surface area contributed by atoms with E-state index in [4.69, 9.17) is 21.1 Å².